The predicted molar refractivity (Wildman–Crippen MR) is 67.7 cm³/mol. The van der Waals surface area contributed by atoms with Gasteiger partial charge in [0.2, 0.25) is 0 Å². The topological polar surface area (TPSA) is 44.8 Å². The number of phosphoric acid groups is 1. The number of para-hydroxylation sites is 2. The third kappa shape index (κ3) is 1.80. The highest BCUT2D eigenvalue weighted by atomic mass is 31.2. The molecule has 1 aliphatic heterocycles. The van der Waals surface area contributed by atoms with Gasteiger partial charge in [-0.2, -0.15) is 0 Å². The van der Waals surface area contributed by atoms with Crippen LogP contribution in [0.5, 0.6) is 11.5 Å². The molecule has 4 nitrogen and oxygen atoms in total. The van der Waals surface area contributed by atoms with E-state index in [2.05, 4.69) is 0 Å². The van der Waals surface area contributed by atoms with Crippen molar-refractivity contribution in [2.45, 2.75) is 0 Å². The first-order chi connectivity index (χ1) is 8.72. The molecule has 0 atom stereocenters. The molecule has 5 heteroatoms. The van der Waals surface area contributed by atoms with Gasteiger partial charge in [-0.05, 0) is 12.1 Å². The van der Waals surface area contributed by atoms with Crippen LogP contribution in [0.4, 0.5) is 0 Å². The van der Waals surface area contributed by atoms with Gasteiger partial charge in [0.05, 0.1) is 0 Å². The summed E-state index contributed by atoms with van der Waals surface area (Å²) in [5.74, 6) is 0.986. The fraction of sp³-hybridized carbons (Fsp3) is 0.0769. The van der Waals surface area contributed by atoms with Crippen LogP contribution in [0.15, 0.2) is 48.5 Å². The van der Waals surface area contributed by atoms with Crippen molar-refractivity contribution in [2.75, 3.05) is 7.11 Å². The van der Waals surface area contributed by atoms with Gasteiger partial charge in [-0.25, -0.2) is 4.57 Å². The van der Waals surface area contributed by atoms with Crippen LogP contribution in [0, 0.1) is 0 Å². The molecule has 0 bridgehead atoms. The maximum atomic E-state index is 12.3. The van der Waals surface area contributed by atoms with Gasteiger partial charge in [0, 0.05) is 18.2 Å². The SMILES string of the molecule is COP1(=O)Oc2ccccc2-c2ccccc2O1. The molecule has 0 fully saturated rings. The summed E-state index contributed by atoms with van der Waals surface area (Å²) in [5.41, 5.74) is 1.67. The highest BCUT2D eigenvalue weighted by molar-refractivity contribution is 7.49. The average molecular weight is 262 g/mol. The van der Waals surface area contributed by atoms with Crippen molar-refractivity contribution in [3.8, 4) is 22.6 Å². The Morgan fingerprint density at radius 1 is 0.889 bits per heavy atom. The van der Waals surface area contributed by atoms with E-state index in [0.717, 1.165) is 11.1 Å². The smallest absolute Gasteiger partial charge is 0.394 e. The average Bonchev–Trinajstić information content (AvgIpc) is 2.52. The van der Waals surface area contributed by atoms with Crippen LogP contribution in [0.3, 0.4) is 0 Å². The van der Waals surface area contributed by atoms with Gasteiger partial charge >= 0.3 is 7.82 Å². The van der Waals surface area contributed by atoms with Gasteiger partial charge in [0.1, 0.15) is 11.5 Å². The van der Waals surface area contributed by atoms with Crippen LogP contribution < -0.4 is 9.05 Å². The van der Waals surface area contributed by atoms with Crippen LogP contribution in [0.2, 0.25) is 0 Å². The molecule has 92 valence electrons. The monoisotopic (exact) mass is 262 g/mol. The molecular formula is C13H11O4P. The normalized spacial score (nSPS) is 15.6. The van der Waals surface area contributed by atoms with E-state index in [1.54, 1.807) is 12.1 Å². The van der Waals surface area contributed by atoms with E-state index < -0.39 is 7.82 Å². The molecule has 0 saturated carbocycles. The molecule has 2 aromatic carbocycles. The molecule has 0 aromatic heterocycles. The van der Waals surface area contributed by atoms with E-state index in [4.69, 9.17) is 13.6 Å². The maximum absolute atomic E-state index is 12.3. The second kappa shape index (κ2) is 4.16. The summed E-state index contributed by atoms with van der Waals surface area (Å²) < 4.78 is 27.9. The van der Waals surface area contributed by atoms with Crippen molar-refractivity contribution in [1.29, 1.82) is 0 Å². The Balaban J connectivity index is 2.28. The van der Waals surface area contributed by atoms with E-state index in [1.807, 2.05) is 36.4 Å². The number of fused-ring (bicyclic) bond motifs is 3. The highest BCUT2D eigenvalue weighted by Crippen LogP contribution is 2.55. The van der Waals surface area contributed by atoms with Gasteiger partial charge in [-0.1, -0.05) is 36.4 Å². The third-order valence-electron chi connectivity index (χ3n) is 2.71. The highest BCUT2D eigenvalue weighted by Gasteiger charge is 2.34. The Morgan fingerprint density at radius 2 is 1.33 bits per heavy atom. The lowest BCUT2D eigenvalue weighted by Crippen LogP contribution is -2.00. The Hall–Kier alpha value is -1.77. The van der Waals surface area contributed by atoms with Gasteiger partial charge in [-0.3, -0.25) is 4.52 Å². The number of hydrogen-bond acceptors (Lipinski definition) is 4. The second-order valence-electron chi connectivity index (χ2n) is 3.80. The Labute approximate surface area is 105 Å². The summed E-state index contributed by atoms with van der Waals surface area (Å²) in [6.07, 6.45) is 0. The van der Waals surface area contributed by atoms with Crippen molar-refractivity contribution >= 4 is 7.82 Å². The van der Waals surface area contributed by atoms with Crippen LogP contribution in [0.25, 0.3) is 11.1 Å². The van der Waals surface area contributed by atoms with Crippen molar-refractivity contribution in [3.05, 3.63) is 48.5 Å². The number of rotatable bonds is 1. The van der Waals surface area contributed by atoms with Gasteiger partial charge < -0.3 is 9.05 Å². The first kappa shape index (κ1) is 11.3. The van der Waals surface area contributed by atoms with E-state index >= 15 is 0 Å². The zero-order valence-corrected chi connectivity index (χ0v) is 10.6. The van der Waals surface area contributed by atoms with Gasteiger partial charge in [0.25, 0.3) is 0 Å². The molecule has 0 N–H and O–H groups in total. The number of benzene rings is 2. The molecule has 18 heavy (non-hydrogen) atoms. The predicted octanol–water partition coefficient (Wildman–Crippen LogP) is 3.88. The van der Waals surface area contributed by atoms with E-state index in [-0.39, 0.29) is 0 Å². The van der Waals surface area contributed by atoms with Crippen LogP contribution in [-0.2, 0) is 9.09 Å². The fourth-order valence-corrected chi connectivity index (χ4v) is 2.86. The fourth-order valence-electron chi connectivity index (χ4n) is 1.87. The standard InChI is InChI=1S/C13H11O4P/c1-15-18(14)16-12-8-4-2-6-10(12)11-7-3-5-9-13(11)17-18/h2-9H,1H3. The zero-order valence-electron chi connectivity index (χ0n) is 9.70. The molecule has 1 heterocycles. The molecule has 1 aliphatic rings. The third-order valence-corrected chi connectivity index (χ3v) is 4.00. The minimum atomic E-state index is -3.60. The second-order valence-corrected chi connectivity index (χ2v) is 5.43. The van der Waals surface area contributed by atoms with E-state index in [0.29, 0.717) is 11.5 Å². The minimum absolute atomic E-state index is 0.493. The molecule has 0 saturated heterocycles. The van der Waals surface area contributed by atoms with Crippen LogP contribution in [0.1, 0.15) is 0 Å². The van der Waals surface area contributed by atoms with Crippen LogP contribution >= 0.6 is 7.82 Å². The maximum Gasteiger partial charge on any atom is 0.587 e. The molecule has 0 spiro atoms. The quantitative estimate of drug-likeness (QED) is 0.731. The largest absolute Gasteiger partial charge is 0.587 e. The molecule has 3 rings (SSSR count). The zero-order chi connectivity index (χ0) is 12.6. The number of phosphoric ester groups is 1. The van der Waals surface area contributed by atoms with Crippen molar-refractivity contribution in [3.63, 3.8) is 0 Å². The summed E-state index contributed by atoms with van der Waals surface area (Å²) in [5, 5.41) is 0. The molecule has 0 amide bonds. The first-order valence-corrected chi connectivity index (χ1v) is 6.91. The van der Waals surface area contributed by atoms with E-state index in [9.17, 15) is 4.57 Å². The van der Waals surface area contributed by atoms with Gasteiger partial charge in [-0.15, -0.1) is 0 Å². The molecule has 2 aromatic rings. The minimum Gasteiger partial charge on any atom is -0.394 e. The molecule has 0 radical (unpaired) electrons. The lowest BCUT2D eigenvalue weighted by molar-refractivity contribution is 0.252. The molecule has 0 unspecified atom stereocenters. The Morgan fingerprint density at radius 3 is 1.78 bits per heavy atom. The molecular weight excluding hydrogens is 251 g/mol. The Kier molecular flexibility index (Phi) is 2.62. The summed E-state index contributed by atoms with van der Waals surface area (Å²) in [7, 11) is -2.30. The Bertz CT molecular complexity index is 587. The van der Waals surface area contributed by atoms with Crippen molar-refractivity contribution in [1.82, 2.24) is 0 Å². The summed E-state index contributed by atoms with van der Waals surface area (Å²) in [4.78, 5) is 0. The summed E-state index contributed by atoms with van der Waals surface area (Å²) in [6, 6.07) is 14.7. The molecule has 0 aliphatic carbocycles. The number of hydrogen-bond donors (Lipinski definition) is 0. The lowest BCUT2D eigenvalue weighted by Gasteiger charge is -2.14. The van der Waals surface area contributed by atoms with Crippen molar-refractivity contribution < 1.29 is 18.1 Å². The summed E-state index contributed by atoms with van der Waals surface area (Å²) >= 11 is 0. The van der Waals surface area contributed by atoms with Crippen molar-refractivity contribution in [2.24, 2.45) is 0 Å². The van der Waals surface area contributed by atoms with Gasteiger partial charge in [0.15, 0.2) is 0 Å². The van der Waals surface area contributed by atoms with E-state index in [1.165, 1.54) is 7.11 Å². The lowest BCUT2D eigenvalue weighted by atomic mass is 10.0. The first-order valence-electron chi connectivity index (χ1n) is 5.45. The van der Waals surface area contributed by atoms with Crippen LogP contribution in [-0.4, -0.2) is 7.11 Å². The summed E-state index contributed by atoms with van der Waals surface area (Å²) in [6.45, 7) is 0.